The number of guanidine groups is 1. The van der Waals surface area contributed by atoms with Gasteiger partial charge in [-0.25, -0.2) is 4.99 Å². The Hall–Kier alpha value is -0.820. The number of benzene rings is 1. The Balaban J connectivity index is 0.00000288. The van der Waals surface area contributed by atoms with E-state index in [0.29, 0.717) is 12.6 Å². The summed E-state index contributed by atoms with van der Waals surface area (Å²) in [7, 11) is 0. The molecule has 0 spiro atoms. The van der Waals surface area contributed by atoms with Crippen molar-refractivity contribution in [1.82, 2.24) is 10.6 Å². The number of nitrogens with one attached hydrogen (secondary N) is 2. The predicted molar refractivity (Wildman–Crippen MR) is 112 cm³/mol. The third-order valence-electron chi connectivity index (χ3n) is 4.28. The molecule has 2 rings (SSSR count). The normalized spacial score (nSPS) is 15.2. The number of hydrogen-bond acceptors (Lipinski definition) is 2. The van der Waals surface area contributed by atoms with Crippen molar-refractivity contribution in [3.63, 3.8) is 0 Å². The molecule has 0 aliphatic heterocycles. The van der Waals surface area contributed by atoms with Crippen LogP contribution < -0.4 is 10.6 Å². The summed E-state index contributed by atoms with van der Waals surface area (Å²) in [5, 5.41) is 6.70. The van der Waals surface area contributed by atoms with Gasteiger partial charge >= 0.3 is 0 Å². The molecule has 0 saturated heterocycles. The lowest BCUT2D eigenvalue weighted by Crippen LogP contribution is -2.38. The average molecular weight is 445 g/mol. The van der Waals surface area contributed by atoms with Gasteiger partial charge in [0.15, 0.2) is 5.96 Å². The highest BCUT2D eigenvalue weighted by Crippen LogP contribution is 2.20. The molecule has 0 unspecified atom stereocenters. The maximum atomic E-state index is 5.89. The fourth-order valence-electron chi connectivity index (χ4n) is 2.88. The van der Waals surface area contributed by atoms with Gasteiger partial charge in [0, 0.05) is 19.7 Å². The molecule has 0 atom stereocenters. The lowest BCUT2D eigenvalue weighted by Gasteiger charge is -2.13. The Morgan fingerprint density at radius 2 is 1.96 bits per heavy atom. The van der Waals surface area contributed by atoms with E-state index in [1.807, 2.05) is 0 Å². The van der Waals surface area contributed by atoms with Crippen molar-refractivity contribution in [2.75, 3.05) is 19.7 Å². The molecule has 1 aliphatic carbocycles. The molecule has 2 N–H and O–H groups in total. The van der Waals surface area contributed by atoms with Crippen LogP contribution in [0.1, 0.15) is 50.2 Å². The smallest absolute Gasteiger partial charge is 0.191 e. The number of aliphatic imine (C=N–C) groups is 1. The van der Waals surface area contributed by atoms with Crippen molar-refractivity contribution in [2.45, 2.75) is 58.6 Å². The quantitative estimate of drug-likeness (QED) is 0.275. The molecule has 0 aromatic heterocycles. The average Bonchev–Trinajstić information content (AvgIpc) is 3.07. The first-order valence-corrected chi connectivity index (χ1v) is 8.98. The first kappa shape index (κ1) is 21.2. The number of halogens is 1. The highest BCUT2D eigenvalue weighted by atomic mass is 127. The molecule has 4 nitrogen and oxygen atoms in total. The van der Waals surface area contributed by atoms with Crippen LogP contribution in [-0.4, -0.2) is 31.8 Å². The summed E-state index contributed by atoms with van der Waals surface area (Å²) >= 11 is 0. The van der Waals surface area contributed by atoms with Gasteiger partial charge in [0.2, 0.25) is 0 Å². The Bertz CT molecular complexity index is 487. The second kappa shape index (κ2) is 12.5. The van der Waals surface area contributed by atoms with Crippen LogP contribution in [0.2, 0.25) is 0 Å². The van der Waals surface area contributed by atoms with Crippen molar-refractivity contribution in [3.8, 4) is 0 Å². The third-order valence-corrected chi connectivity index (χ3v) is 4.28. The number of nitrogens with zero attached hydrogens (tertiary/aromatic N) is 1. The highest BCUT2D eigenvalue weighted by Gasteiger charge is 2.14. The van der Waals surface area contributed by atoms with Crippen LogP contribution in [0.25, 0.3) is 0 Å². The van der Waals surface area contributed by atoms with Crippen LogP contribution in [0.5, 0.6) is 0 Å². The largest absolute Gasteiger partial charge is 0.378 e. The van der Waals surface area contributed by atoms with Gasteiger partial charge in [-0.3, -0.25) is 0 Å². The zero-order valence-corrected chi connectivity index (χ0v) is 17.3. The molecule has 1 aliphatic rings. The molecule has 1 fully saturated rings. The van der Waals surface area contributed by atoms with E-state index < -0.39 is 0 Å². The van der Waals surface area contributed by atoms with Crippen molar-refractivity contribution in [1.29, 1.82) is 0 Å². The minimum absolute atomic E-state index is 0. The maximum absolute atomic E-state index is 5.89. The zero-order chi connectivity index (χ0) is 16.3. The second-order valence-electron chi connectivity index (χ2n) is 6.18. The lowest BCUT2D eigenvalue weighted by atomic mass is 10.1. The standard InChI is InChI=1S/C19H31N3O.HI/c1-3-20-19(22-15-17-10-5-4-9-16(17)2)21-13-8-14-23-18-11-6-7-12-18;/h4-5,9-10,18H,3,6-8,11-15H2,1-2H3,(H2,20,21,22);1H. The SMILES string of the molecule is CCNC(=NCc1ccccc1C)NCCCOC1CCCC1.I. The van der Waals surface area contributed by atoms with E-state index in [1.54, 1.807) is 0 Å². The molecule has 0 amide bonds. The van der Waals surface area contributed by atoms with Gasteiger partial charge in [-0.2, -0.15) is 0 Å². The Morgan fingerprint density at radius 3 is 2.67 bits per heavy atom. The van der Waals surface area contributed by atoms with Gasteiger partial charge in [-0.15, -0.1) is 24.0 Å². The number of hydrogen-bond donors (Lipinski definition) is 2. The van der Waals surface area contributed by atoms with Gasteiger partial charge in [0.1, 0.15) is 0 Å². The van der Waals surface area contributed by atoms with Crippen molar-refractivity contribution >= 4 is 29.9 Å². The third kappa shape index (κ3) is 7.83. The Morgan fingerprint density at radius 1 is 1.21 bits per heavy atom. The molecule has 1 aromatic rings. The van der Waals surface area contributed by atoms with Crippen LogP contribution in [0.3, 0.4) is 0 Å². The van der Waals surface area contributed by atoms with Crippen molar-refractivity contribution in [2.24, 2.45) is 4.99 Å². The first-order chi connectivity index (χ1) is 11.3. The monoisotopic (exact) mass is 445 g/mol. The van der Waals surface area contributed by atoms with Gasteiger partial charge in [-0.1, -0.05) is 37.1 Å². The summed E-state index contributed by atoms with van der Waals surface area (Å²) in [6, 6.07) is 8.40. The van der Waals surface area contributed by atoms with E-state index in [1.165, 1.54) is 36.8 Å². The van der Waals surface area contributed by atoms with E-state index in [0.717, 1.165) is 32.1 Å². The topological polar surface area (TPSA) is 45.7 Å². The maximum Gasteiger partial charge on any atom is 0.191 e. The number of aryl methyl sites for hydroxylation is 1. The molecule has 0 radical (unpaired) electrons. The van der Waals surface area contributed by atoms with E-state index >= 15 is 0 Å². The predicted octanol–water partition coefficient (Wildman–Crippen LogP) is 4.02. The molecule has 1 aromatic carbocycles. The zero-order valence-electron chi connectivity index (χ0n) is 15.0. The molecule has 24 heavy (non-hydrogen) atoms. The number of rotatable bonds is 8. The van der Waals surface area contributed by atoms with E-state index in [-0.39, 0.29) is 24.0 Å². The first-order valence-electron chi connectivity index (χ1n) is 8.98. The van der Waals surface area contributed by atoms with E-state index in [9.17, 15) is 0 Å². The molecular formula is C19H32IN3O. The van der Waals surface area contributed by atoms with Gasteiger partial charge in [0.25, 0.3) is 0 Å². The van der Waals surface area contributed by atoms with Crippen molar-refractivity contribution < 1.29 is 4.74 Å². The fraction of sp³-hybridized carbons (Fsp3) is 0.632. The Kier molecular flexibility index (Phi) is 11.1. The lowest BCUT2D eigenvalue weighted by molar-refractivity contribution is 0.0574. The molecule has 0 heterocycles. The van der Waals surface area contributed by atoms with E-state index in [4.69, 9.17) is 4.74 Å². The van der Waals surface area contributed by atoms with Gasteiger partial charge in [0.05, 0.1) is 12.6 Å². The molecule has 0 bridgehead atoms. The van der Waals surface area contributed by atoms with Gasteiger partial charge < -0.3 is 15.4 Å². The molecule has 5 heteroatoms. The van der Waals surface area contributed by atoms with Crippen LogP contribution in [0.4, 0.5) is 0 Å². The van der Waals surface area contributed by atoms with Crippen LogP contribution in [-0.2, 0) is 11.3 Å². The summed E-state index contributed by atoms with van der Waals surface area (Å²) in [5.41, 5.74) is 2.56. The van der Waals surface area contributed by atoms with Gasteiger partial charge in [-0.05, 0) is 44.2 Å². The fourth-order valence-corrected chi connectivity index (χ4v) is 2.88. The van der Waals surface area contributed by atoms with Crippen LogP contribution in [0.15, 0.2) is 29.3 Å². The Labute approximate surface area is 163 Å². The van der Waals surface area contributed by atoms with Crippen LogP contribution >= 0.6 is 24.0 Å². The summed E-state index contributed by atoms with van der Waals surface area (Å²) in [4.78, 5) is 4.67. The molecule has 136 valence electrons. The molecular weight excluding hydrogens is 413 g/mol. The van der Waals surface area contributed by atoms with Crippen LogP contribution in [0, 0.1) is 6.92 Å². The minimum atomic E-state index is 0. The van der Waals surface area contributed by atoms with E-state index in [2.05, 4.69) is 53.7 Å². The summed E-state index contributed by atoms with van der Waals surface area (Å²) in [6.07, 6.45) is 6.68. The minimum Gasteiger partial charge on any atom is -0.378 e. The van der Waals surface area contributed by atoms with Crippen molar-refractivity contribution in [3.05, 3.63) is 35.4 Å². The second-order valence-corrected chi connectivity index (χ2v) is 6.18. The summed E-state index contributed by atoms with van der Waals surface area (Å²) < 4.78 is 5.89. The molecule has 1 saturated carbocycles. The summed E-state index contributed by atoms with van der Waals surface area (Å²) in [5.74, 6) is 0.886. The summed E-state index contributed by atoms with van der Waals surface area (Å²) in [6.45, 7) is 7.54. The number of ether oxygens (including phenoxy) is 1. The highest BCUT2D eigenvalue weighted by molar-refractivity contribution is 14.0.